The van der Waals surface area contributed by atoms with Crippen LogP contribution in [0.5, 0.6) is 11.5 Å². The van der Waals surface area contributed by atoms with Crippen molar-refractivity contribution in [3.8, 4) is 11.5 Å². The minimum atomic E-state index is -1.30. The first-order valence-corrected chi connectivity index (χ1v) is 9.44. The third-order valence-electron chi connectivity index (χ3n) is 4.80. The van der Waals surface area contributed by atoms with Gasteiger partial charge in [0.1, 0.15) is 16.9 Å². The molecule has 0 aliphatic rings. The molecule has 2 amide bonds. The molecular formula is C23H30N2O4. The molecule has 2 aromatic carbocycles. The number of ether oxygens (including phenoxy) is 2. The molecule has 0 heterocycles. The van der Waals surface area contributed by atoms with Crippen molar-refractivity contribution >= 4 is 23.2 Å². The molecule has 0 aliphatic heterocycles. The molecule has 0 atom stereocenters. The van der Waals surface area contributed by atoms with Gasteiger partial charge in [-0.1, -0.05) is 32.9 Å². The van der Waals surface area contributed by atoms with Crippen LogP contribution in [0.1, 0.15) is 40.2 Å². The highest BCUT2D eigenvalue weighted by Gasteiger charge is 2.36. The number of hydrogen-bond acceptors (Lipinski definition) is 4. The van der Waals surface area contributed by atoms with Crippen LogP contribution in [0, 0.1) is 5.41 Å². The summed E-state index contributed by atoms with van der Waals surface area (Å²) >= 11 is 0. The van der Waals surface area contributed by atoms with E-state index in [2.05, 4.69) is 31.4 Å². The Bertz CT molecular complexity index is 881. The summed E-state index contributed by atoms with van der Waals surface area (Å²) in [6.45, 7) is 9.54. The number of methoxy groups -OCH3 is 2. The molecule has 2 aromatic rings. The van der Waals surface area contributed by atoms with Gasteiger partial charge in [-0.05, 0) is 49.1 Å². The fraction of sp³-hybridized carbons (Fsp3) is 0.391. The number of rotatable bonds is 6. The molecule has 0 spiro atoms. The maximum atomic E-state index is 12.8. The highest BCUT2D eigenvalue weighted by Crippen LogP contribution is 2.31. The second-order valence-electron chi connectivity index (χ2n) is 8.43. The Balaban J connectivity index is 2.13. The van der Waals surface area contributed by atoms with Crippen molar-refractivity contribution in [3.63, 3.8) is 0 Å². The number of anilines is 2. The lowest BCUT2D eigenvalue weighted by Gasteiger charge is -2.24. The summed E-state index contributed by atoms with van der Waals surface area (Å²) in [6, 6.07) is 12.7. The average Bonchev–Trinajstić information content (AvgIpc) is 2.67. The molecule has 0 saturated heterocycles. The lowest BCUT2D eigenvalue weighted by Crippen LogP contribution is -2.41. The first-order chi connectivity index (χ1) is 13.5. The molecule has 6 nitrogen and oxygen atoms in total. The Kier molecular flexibility index (Phi) is 6.57. The van der Waals surface area contributed by atoms with E-state index < -0.39 is 17.2 Å². The van der Waals surface area contributed by atoms with E-state index in [0.717, 1.165) is 0 Å². The minimum absolute atomic E-state index is 0.0269. The van der Waals surface area contributed by atoms with E-state index >= 15 is 0 Å². The van der Waals surface area contributed by atoms with Gasteiger partial charge in [0.05, 0.1) is 19.9 Å². The molecular weight excluding hydrogens is 368 g/mol. The predicted octanol–water partition coefficient (Wildman–Crippen LogP) is 4.60. The fourth-order valence-corrected chi connectivity index (χ4v) is 2.62. The zero-order chi connectivity index (χ0) is 21.8. The first kappa shape index (κ1) is 22.3. The van der Waals surface area contributed by atoms with Crippen molar-refractivity contribution in [2.24, 2.45) is 5.41 Å². The van der Waals surface area contributed by atoms with E-state index in [1.54, 1.807) is 39.2 Å². The van der Waals surface area contributed by atoms with E-state index in [4.69, 9.17) is 9.47 Å². The molecule has 2 rings (SSSR count). The van der Waals surface area contributed by atoms with Crippen molar-refractivity contribution in [3.05, 3.63) is 48.0 Å². The van der Waals surface area contributed by atoms with Gasteiger partial charge in [-0.25, -0.2) is 0 Å². The van der Waals surface area contributed by atoms with Crippen LogP contribution >= 0.6 is 0 Å². The Morgan fingerprint density at radius 2 is 1.38 bits per heavy atom. The van der Waals surface area contributed by atoms with Crippen LogP contribution in [0.15, 0.2) is 42.5 Å². The molecule has 0 fully saturated rings. The zero-order valence-corrected chi connectivity index (χ0v) is 18.2. The van der Waals surface area contributed by atoms with E-state index in [0.29, 0.717) is 22.9 Å². The number of carbonyl (C=O) groups excluding carboxylic acids is 2. The molecule has 6 heteroatoms. The van der Waals surface area contributed by atoms with Crippen molar-refractivity contribution in [2.75, 3.05) is 24.9 Å². The van der Waals surface area contributed by atoms with Crippen LogP contribution in [0.3, 0.4) is 0 Å². The number of amides is 2. The molecule has 156 valence electrons. The molecule has 0 bridgehead atoms. The third-order valence-corrected chi connectivity index (χ3v) is 4.80. The number of benzene rings is 2. The van der Waals surface area contributed by atoms with Gasteiger partial charge in [0.25, 0.3) is 0 Å². The normalized spacial score (nSPS) is 11.6. The average molecular weight is 399 g/mol. The van der Waals surface area contributed by atoms with Gasteiger partial charge < -0.3 is 20.1 Å². The zero-order valence-electron chi connectivity index (χ0n) is 18.2. The smallest absolute Gasteiger partial charge is 0.239 e. The van der Waals surface area contributed by atoms with Gasteiger partial charge in [-0.15, -0.1) is 0 Å². The third kappa shape index (κ3) is 5.28. The summed E-state index contributed by atoms with van der Waals surface area (Å²) in [6.07, 6.45) is 0. The van der Waals surface area contributed by atoms with Crippen LogP contribution in [0.2, 0.25) is 0 Å². The largest absolute Gasteiger partial charge is 0.497 e. The maximum Gasteiger partial charge on any atom is 0.239 e. The standard InChI is InChI=1S/C23H30N2O4/c1-22(2,3)15-8-10-16(11-9-15)24-20(26)23(4,5)21(27)25-18-13-12-17(28-6)14-19(18)29-7/h8-14H,1-7H3,(H,24,26)(H,25,27). The van der Waals surface area contributed by atoms with E-state index in [1.807, 2.05) is 24.3 Å². The maximum absolute atomic E-state index is 12.8. The first-order valence-electron chi connectivity index (χ1n) is 9.44. The summed E-state index contributed by atoms with van der Waals surface area (Å²) in [5.41, 5.74) is 1.01. The summed E-state index contributed by atoms with van der Waals surface area (Å²) in [5.74, 6) is 0.220. The van der Waals surface area contributed by atoms with E-state index in [-0.39, 0.29) is 5.41 Å². The van der Waals surface area contributed by atoms with Crippen LogP contribution in [-0.2, 0) is 15.0 Å². The van der Waals surface area contributed by atoms with E-state index in [1.165, 1.54) is 12.7 Å². The van der Waals surface area contributed by atoms with Crippen LogP contribution < -0.4 is 20.1 Å². The Hall–Kier alpha value is -3.02. The Morgan fingerprint density at radius 3 is 1.90 bits per heavy atom. The predicted molar refractivity (Wildman–Crippen MR) is 116 cm³/mol. The highest BCUT2D eigenvalue weighted by molar-refractivity contribution is 6.14. The lowest BCUT2D eigenvalue weighted by atomic mass is 9.87. The SMILES string of the molecule is COc1ccc(NC(=O)C(C)(C)C(=O)Nc2ccc(C(C)(C)C)cc2)c(OC)c1. The van der Waals surface area contributed by atoms with Gasteiger partial charge in [0, 0.05) is 11.8 Å². The fourth-order valence-electron chi connectivity index (χ4n) is 2.62. The summed E-state index contributed by atoms with van der Waals surface area (Å²) in [5, 5.41) is 5.59. The van der Waals surface area contributed by atoms with Gasteiger partial charge in [-0.2, -0.15) is 0 Å². The van der Waals surface area contributed by atoms with Crippen LogP contribution in [-0.4, -0.2) is 26.0 Å². The molecule has 0 aromatic heterocycles. The minimum Gasteiger partial charge on any atom is -0.497 e. The molecule has 0 saturated carbocycles. The van der Waals surface area contributed by atoms with Crippen LogP contribution in [0.4, 0.5) is 11.4 Å². The number of nitrogens with one attached hydrogen (secondary N) is 2. The van der Waals surface area contributed by atoms with Gasteiger partial charge in [0.2, 0.25) is 11.8 Å². The molecule has 0 aliphatic carbocycles. The highest BCUT2D eigenvalue weighted by atomic mass is 16.5. The monoisotopic (exact) mass is 398 g/mol. The van der Waals surface area contributed by atoms with Gasteiger partial charge in [0.15, 0.2) is 0 Å². The topological polar surface area (TPSA) is 76.7 Å². The Morgan fingerprint density at radius 1 is 0.793 bits per heavy atom. The van der Waals surface area contributed by atoms with Crippen molar-refractivity contribution in [2.45, 2.75) is 40.0 Å². The number of carbonyl (C=O) groups is 2. The van der Waals surface area contributed by atoms with Crippen LogP contribution in [0.25, 0.3) is 0 Å². The van der Waals surface area contributed by atoms with Crippen molar-refractivity contribution in [1.29, 1.82) is 0 Å². The lowest BCUT2D eigenvalue weighted by molar-refractivity contribution is -0.135. The molecule has 29 heavy (non-hydrogen) atoms. The molecule has 2 N–H and O–H groups in total. The Labute approximate surface area is 172 Å². The van der Waals surface area contributed by atoms with Crippen molar-refractivity contribution in [1.82, 2.24) is 0 Å². The molecule has 0 radical (unpaired) electrons. The molecule has 0 unspecified atom stereocenters. The summed E-state index contributed by atoms with van der Waals surface area (Å²) in [4.78, 5) is 25.6. The summed E-state index contributed by atoms with van der Waals surface area (Å²) < 4.78 is 10.5. The van der Waals surface area contributed by atoms with Gasteiger partial charge in [-0.3, -0.25) is 9.59 Å². The second-order valence-corrected chi connectivity index (χ2v) is 8.43. The second kappa shape index (κ2) is 8.55. The number of hydrogen-bond donors (Lipinski definition) is 2. The van der Waals surface area contributed by atoms with Crippen molar-refractivity contribution < 1.29 is 19.1 Å². The van der Waals surface area contributed by atoms with Gasteiger partial charge >= 0.3 is 0 Å². The van der Waals surface area contributed by atoms with E-state index in [9.17, 15) is 9.59 Å². The summed E-state index contributed by atoms with van der Waals surface area (Å²) in [7, 11) is 3.05. The quantitative estimate of drug-likeness (QED) is 0.697.